The fraction of sp³-hybridized carbons (Fsp3) is 0.538. The fourth-order valence-corrected chi connectivity index (χ4v) is 2.05. The van der Waals surface area contributed by atoms with Gasteiger partial charge in [-0.25, -0.2) is 0 Å². The average Bonchev–Trinajstić information content (AvgIpc) is 3.18. The van der Waals surface area contributed by atoms with Gasteiger partial charge in [-0.2, -0.15) is 0 Å². The van der Waals surface area contributed by atoms with Gasteiger partial charge in [0.2, 0.25) is 0 Å². The highest BCUT2D eigenvalue weighted by atomic mass is 16.4. The second kappa shape index (κ2) is 5.25. The maximum atomic E-state index is 8.85. The molecule has 2 rings (SSSR count). The summed E-state index contributed by atoms with van der Waals surface area (Å²) in [5, 5.41) is 11.9. The number of nitrogens with two attached hydrogens (primary N) is 1. The molecule has 1 fully saturated rings. The molecule has 0 aliphatic heterocycles. The van der Waals surface area contributed by atoms with Gasteiger partial charge in [0.05, 0.1) is 11.9 Å². The number of hydrogen-bond donors (Lipinski definition) is 2. The largest absolute Gasteiger partial charge is 0.409 e. The van der Waals surface area contributed by atoms with E-state index in [0.29, 0.717) is 6.04 Å². The lowest BCUT2D eigenvalue weighted by molar-refractivity contribution is 0.318. The van der Waals surface area contributed by atoms with E-state index in [1.54, 1.807) is 18.5 Å². The summed E-state index contributed by atoms with van der Waals surface area (Å²) >= 11 is 0. The Bertz CT molecular complexity index is 440. The van der Waals surface area contributed by atoms with Crippen molar-refractivity contribution in [3.8, 4) is 0 Å². The summed E-state index contributed by atoms with van der Waals surface area (Å²) < 4.78 is 0. The van der Waals surface area contributed by atoms with Crippen molar-refractivity contribution in [2.24, 2.45) is 16.8 Å². The van der Waals surface area contributed by atoms with Crippen LogP contribution in [0.15, 0.2) is 23.6 Å². The van der Waals surface area contributed by atoms with Crippen molar-refractivity contribution >= 4 is 11.5 Å². The normalized spacial score (nSPS) is 16.1. The third kappa shape index (κ3) is 2.72. The number of aromatic nitrogens is 1. The molecule has 1 aromatic heterocycles. The molecule has 0 aromatic carbocycles. The topological polar surface area (TPSA) is 74.7 Å². The second-order valence-corrected chi connectivity index (χ2v) is 5.07. The van der Waals surface area contributed by atoms with Crippen LogP contribution >= 0.6 is 0 Å². The smallest absolute Gasteiger partial charge is 0.172 e. The quantitative estimate of drug-likeness (QED) is 0.360. The molecule has 0 saturated heterocycles. The first-order valence-electron chi connectivity index (χ1n) is 6.32. The van der Waals surface area contributed by atoms with E-state index >= 15 is 0 Å². The van der Waals surface area contributed by atoms with Crippen molar-refractivity contribution in [1.82, 2.24) is 4.98 Å². The lowest BCUT2D eigenvalue weighted by Gasteiger charge is -2.30. The van der Waals surface area contributed by atoms with E-state index < -0.39 is 0 Å². The lowest BCUT2D eigenvalue weighted by Crippen LogP contribution is -2.34. The molecule has 0 spiro atoms. The molecule has 0 amide bonds. The van der Waals surface area contributed by atoms with Crippen molar-refractivity contribution in [2.45, 2.75) is 32.7 Å². The van der Waals surface area contributed by atoms with Crippen LogP contribution in [0.3, 0.4) is 0 Å². The maximum absolute atomic E-state index is 8.85. The highest BCUT2D eigenvalue weighted by Gasteiger charge is 2.27. The van der Waals surface area contributed by atoms with E-state index in [1.807, 2.05) is 0 Å². The molecule has 0 radical (unpaired) electrons. The van der Waals surface area contributed by atoms with Crippen LogP contribution in [0.25, 0.3) is 0 Å². The Kier molecular flexibility index (Phi) is 3.69. The summed E-state index contributed by atoms with van der Waals surface area (Å²) in [4.78, 5) is 6.44. The Hall–Kier alpha value is -1.78. The molecule has 0 bridgehead atoms. The minimum Gasteiger partial charge on any atom is -0.409 e. The van der Waals surface area contributed by atoms with Crippen LogP contribution < -0.4 is 10.6 Å². The molecule has 98 valence electrons. The number of anilines is 1. The van der Waals surface area contributed by atoms with Gasteiger partial charge >= 0.3 is 0 Å². The molecule has 1 saturated carbocycles. The van der Waals surface area contributed by atoms with E-state index in [4.69, 9.17) is 10.9 Å². The SMILES string of the molecule is CC(C)N(CC1CC1)c1cnccc1/C(N)=N/O. The predicted molar refractivity (Wildman–Crippen MR) is 72.0 cm³/mol. The van der Waals surface area contributed by atoms with Gasteiger partial charge in [-0.05, 0) is 38.7 Å². The standard InChI is InChI=1S/C13H20N4O/c1-9(2)17(8-10-3-4-10)12-7-15-6-5-11(12)13(14)16-18/h5-7,9-10,18H,3-4,8H2,1-2H3,(H2,14,16). The van der Waals surface area contributed by atoms with Gasteiger partial charge in [0.15, 0.2) is 5.84 Å². The minimum absolute atomic E-state index is 0.133. The second-order valence-electron chi connectivity index (χ2n) is 5.07. The summed E-state index contributed by atoms with van der Waals surface area (Å²) in [5.74, 6) is 0.904. The van der Waals surface area contributed by atoms with Crippen molar-refractivity contribution in [1.29, 1.82) is 0 Å². The first kappa shape index (κ1) is 12.7. The number of nitrogens with zero attached hydrogens (tertiary/aromatic N) is 3. The van der Waals surface area contributed by atoms with Crippen LogP contribution in [0.4, 0.5) is 5.69 Å². The van der Waals surface area contributed by atoms with Gasteiger partial charge < -0.3 is 15.8 Å². The number of pyridine rings is 1. The van der Waals surface area contributed by atoms with E-state index in [9.17, 15) is 0 Å². The molecule has 18 heavy (non-hydrogen) atoms. The zero-order chi connectivity index (χ0) is 13.1. The minimum atomic E-state index is 0.133. The highest BCUT2D eigenvalue weighted by molar-refractivity contribution is 6.02. The number of amidine groups is 1. The Balaban J connectivity index is 2.33. The van der Waals surface area contributed by atoms with Crippen LogP contribution in [0, 0.1) is 5.92 Å². The van der Waals surface area contributed by atoms with Gasteiger partial charge in [0.1, 0.15) is 0 Å². The first-order valence-corrected chi connectivity index (χ1v) is 6.32. The van der Waals surface area contributed by atoms with Crippen LogP contribution in [-0.2, 0) is 0 Å². The summed E-state index contributed by atoms with van der Waals surface area (Å²) in [6.07, 6.45) is 6.03. The molecule has 0 atom stereocenters. The van der Waals surface area contributed by atoms with Crippen LogP contribution in [-0.4, -0.2) is 28.6 Å². The Labute approximate surface area is 107 Å². The molecule has 0 unspecified atom stereocenters. The molecule has 5 heteroatoms. The summed E-state index contributed by atoms with van der Waals surface area (Å²) in [6.45, 7) is 5.30. The number of oxime groups is 1. The Morgan fingerprint density at radius 1 is 1.61 bits per heavy atom. The van der Waals surface area contributed by atoms with Gasteiger partial charge in [0, 0.05) is 24.3 Å². The van der Waals surface area contributed by atoms with Crippen molar-refractivity contribution in [3.63, 3.8) is 0 Å². The molecule has 1 heterocycles. The van der Waals surface area contributed by atoms with Gasteiger partial charge in [-0.15, -0.1) is 0 Å². The van der Waals surface area contributed by atoms with Crippen molar-refractivity contribution in [3.05, 3.63) is 24.0 Å². The van der Waals surface area contributed by atoms with E-state index in [2.05, 4.69) is 28.9 Å². The Morgan fingerprint density at radius 3 is 2.89 bits per heavy atom. The van der Waals surface area contributed by atoms with E-state index in [-0.39, 0.29) is 5.84 Å². The fourth-order valence-electron chi connectivity index (χ4n) is 2.05. The molecule has 1 aliphatic carbocycles. The van der Waals surface area contributed by atoms with Gasteiger partial charge in [0.25, 0.3) is 0 Å². The van der Waals surface area contributed by atoms with E-state index in [1.165, 1.54) is 12.8 Å². The maximum Gasteiger partial charge on any atom is 0.172 e. The first-order chi connectivity index (χ1) is 8.63. The van der Waals surface area contributed by atoms with Gasteiger partial charge in [-0.3, -0.25) is 4.98 Å². The average molecular weight is 248 g/mol. The number of hydrogen-bond acceptors (Lipinski definition) is 4. The lowest BCUT2D eigenvalue weighted by atomic mass is 10.1. The number of rotatable bonds is 5. The molecule has 1 aliphatic rings. The van der Waals surface area contributed by atoms with Gasteiger partial charge in [-0.1, -0.05) is 5.16 Å². The molecular weight excluding hydrogens is 228 g/mol. The van der Waals surface area contributed by atoms with E-state index in [0.717, 1.165) is 23.7 Å². The highest BCUT2D eigenvalue weighted by Crippen LogP contribution is 2.33. The molecule has 5 nitrogen and oxygen atoms in total. The molecule has 1 aromatic rings. The third-order valence-electron chi connectivity index (χ3n) is 3.27. The summed E-state index contributed by atoms with van der Waals surface area (Å²) in [7, 11) is 0. The van der Waals surface area contributed by atoms with Crippen LogP contribution in [0.5, 0.6) is 0 Å². The predicted octanol–water partition coefficient (Wildman–Crippen LogP) is 1.80. The zero-order valence-electron chi connectivity index (χ0n) is 10.9. The zero-order valence-corrected chi connectivity index (χ0v) is 10.9. The van der Waals surface area contributed by atoms with Crippen molar-refractivity contribution in [2.75, 3.05) is 11.4 Å². The monoisotopic (exact) mass is 248 g/mol. The molecule has 3 N–H and O–H groups in total. The van der Waals surface area contributed by atoms with Crippen LogP contribution in [0.2, 0.25) is 0 Å². The molecular formula is C13H20N4O. The van der Waals surface area contributed by atoms with Crippen molar-refractivity contribution < 1.29 is 5.21 Å². The Morgan fingerprint density at radius 2 is 2.33 bits per heavy atom. The summed E-state index contributed by atoms with van der Waals surface area (Å²) in [6, 6.07) is 2.15. The summed E-state index contributed by atoms with van der Waals surface area (Å²) in [5.41, 5.74) is 7.40. The van der Waals surface area contributed by atoms with Crippen LogP contribution in [0.1, 0.15) is 32.3 Å². The third-order valence-corrected chi connectivity index (χ3v) is 3.27.